The highest BCUT2D eigenvalue weighted by molar-refractivity contribution is 5.96. The molecule has 1 heterocycles. The zero-order valence-electron chi connectivity index (χ0n) is 13.7. The third-order valence-electron chi connectivity index (χ3n) is 3.82. The summed E-state index contributed by atoms with van der Waals surface area (Å²) in [5.41, 5.74) is 4.01. The van der Waals surface area contributed by atoms with Crippen molar-refractivity contribution in [2.75, 3.05) is 33.2 Å². The van der Waals surface area contributed by atoms with Crippen molar-refractivity contribution in [1.29, 1.82) is 0 Å². The Morgan fingerprint density at radius 2 is 1.70 bits per heavy atom. The molecule has 2 aromatic carbocycles. The van der Waals surface area contributed by atoms with E-state index in [1.165, 1.54) is 0 Å². The molecule has 0 aliphatic heterocycles. The van der Waals surface area contributed by atoms with Crippen LogP contribution >= 0.6 is 0 Å². The second kappa shape index (κ2) is 6.12. The monoisotopic (exact) mass is 309 g/mol. The second-order valence-electron chi connectivity index (χ2n) is 5.43. The highest BCUT2D eigenvalue weighted by Gasteiger charge is 2.12. The summed E-state index contributed by atoms with van der Waals surface area (Å²) in [4.78, 5) is 2.07. The zero-order chi connectivity index (χ0) is 16.4. The normalized spacial score (nSPS) is 10.6. The Hall–Kier alpha value is -2.82. The van der Waals surface area contributed by atoms with Gasteiger partial charge in [-0.05, 0) is 23.8 Å². The van der Waals surface area contributed by atoms with Gasteiger partial charge in [-0.25, -0.2) is 0 Å². The number of hydrogen-bond acceptors (Lipinski definition) is 5. The van der Waals surface area contributed by atoms with Gasteiger partial charge in [0, 0.05) is 36.8 Å². The first-order valence-corrected chi connectivity index (χ1v) is 7.29. The largest absolute Gasteiger partial charge is 0.493 e. The Kier molecular flexibility index (Phi) is 4.02. The number of rotatable bonds is 4. The van der Waals surface area contributed by atoms with Crippen LogP contribution in [0.2, 0.25) is 0 Å². The molecule has 0 amide bonds. The number of methoxy groups -OCH3 is 2. The zero-order valence-corrected chi connectivity index (χ0v) is 13.7. The first-order valence-electron chi connectivity index (χ1n) is 7.29. The highest BCUT2D eigenvalue weighted by atomic mass is 16.5. The summed E-state index contributed by atoms with van der Waals surface area (Å²) < 4.78 is 10.8. The number of aromatic nitrogens is 2. The molecule has 3 rings (SSSR count). The van der Waals surface area contributed by atoms with Gasteiger partial charge < -0.3 is 14.4 Å². The van der Waals surface area contributed by atoms with Crippen LogP contribution in [0.5, 0.6) is 11.5 Å². The number of anilines is 1. The van der Waals surface area contributed by atoms with Crippen LogP contribution in [0.1, 0.15) is 0 Å². The summed E-state index contributed by atoms with van der Waals surface area (Å²) in [6.45, 7) is 0. The number of ether oxygens (including phenoxy) is 2. The van der Waals surface area contributed by atoms with Crippen LogP contribution in [0.4, 0.5) is 5.69 Å². The summed E-state index contributed by atoms with van der Waals surface area (Å²) >= 11 is 0. The van der Waals surface area contributed by atoms with Crippen molar-refractivity contribution in [2.45, 2.75) is 0 Å². The highest BCUT2D eigenvalue weighted by Crippen LogP contribution is 2.36. The van der Waals surface area contributed by atoms with Crippen molar-refractivity contribution in [3.05, 3.63) is 42.6 Å². The quantitative estimate of drug-likeness (QED) is 0.739. The van der Waals surface area contributed by atoms with E-state index in [0.717, 1.165) is 27.7 Å². The number of benzene rings is 2. The van der Waals surface area contributed by atoms with Gasteiger partial charge in [0.25, 0.3) is 0 Å². The van der Waals surface area contributed by atoms with Crippen molar-refractivity contribution in [2.24, 2.45) is 0 Å². The van der Waals surface area contributed by atoms with E-state index in [9.17, 15) is 0 Å². The minimum Gasteiger partial charge on any atom is -0.493 e. The molecular weight excluding hydrogens is 290 g/mol. The van der Waals surface area contributed by atoms with E-state index in [1.54, 1.807) is 20.4 Å². The van der Waals surface area contributed by atoms with Gasteiger partial charge in [-0.2, -0.15) is 10.2 Å². The fourth-order valence-corrected chi connectivity index (χ4v) is 2.57. The molecule has 1 aromatic heterocycles. The molecule has 23 heavy (non-hydrogen) atoms. The second-order valence-corrected chi connectivity index (χ2v) is 5.43. The first-order chi connectivity index (χ1) is 11.1. The topological polar surface area (TPSA) is 47.5 Å². The third kappa shape index (κ3) is 2.77. The Bertz CT molecular complexity index is 847. The number of hydrogen-bond donors (Lipinski definition) is 0. The molecule has 0 N–H and O–H groups in total. The maximum Gasteiger partial charge on any atom is 0.162 e. The molecule has 0 spiro atoms. The van der Waals surface area contributed by atoms with Gasteiger partial charge in [0.1, 0.15) is 0 Å². The number of fused-ring (bicyclic) bond motifs is 1. The van der Waals surface area contributed by atoms with E-state index in [0.29, 0.717) is 11.5 Å². The molecule has 3 aromatic rings. The lowest BCUT2D eigenvalue weighted by Gasteiger charge is -2.15. The van der Waals surface area contributed by atoms with E-state index >= 15 is 0 Å². The van der Waals surface area contributed by atoms with E-state index in [4.69, 9.17) is 9.47 Å². The van der Waals surface area contributed by atoms with Crippen LogP contribution in [0.15, 0.2) is 42.6 Å². The average Bonchev–Trinajstić information content (AvgIpc) is 2.59. The van der Waals surface area contributed by atoms with Crippen LogP contribution in [0.25, 0.3) is 22.0 Å². The van der Waals surface area contributed by atoms with Gasteiger partial charge in [-0.15, -0.1) is 0 Å². The summed E-state index contributed by atoms with van der Waals surface area (Å²) in [6, 6.07) is 12.1. The molecule has 0 unspecified atom stereocenters. The Balaban J connectivity index is 2.23. The van der Waals surface area contributed by atoms with Crippen LogP contribution in [0.3, 0.4) is 0 Å². The van der Waals surface area contributed by atoms with Crippen LogP contribution in [-0.2, 0) is 0 Å². The average molecular weight is 309 g/mol. The van der Waals surface area contributed by atoms with Gasteiger partial charge >= 0.3 is 0 Å². The fraction of sp³-hybridized carbons (Fsp3) is 0.222. The van der Waals surface area contributed by atoms with Crippen molar-refractivity contribution in [1.82, 2.24) is 10.2 Å². The molecule has 118 valence electrons. The predicted octanol–water partition coefficient (Wildman–Crippen LogP) is 3.38. The van der Waals surface area contributed by atoms with Crippen molar-refractivity contribution in [3.63, 3.8) is 0 Å². The summed E-state index contributed by atoms with van der Waals surface area (Å²) in [5.74, 6) is 1.33. The maximum absolute atomic E-state index is 5.42. The van der Waals surface area contributed by atoms with E-state index < -0.39 is 0 Å². The Morgan fingerprint density at radius 1 is 0.957 bits per heavy atom. The lowest BCUT2D eigenvalue weighted by atomic mass is 10.0. The Morgan fingerprint density at radius 3 is 2.39 bits per heavy atom. The molecule has 0 aliphatic carbocycles. The molecule has 5 heteroatoms. The summed E-state index contributed by atoms with van der Waals surface area (Å²) in [6.07, 6.45) is 1.78. The summed E-state index contributed by atoms with van der Waals surface area (Å²) in [5, 5.41) is 9.33. The van der Waals surface area contributed by atoms with Gasteiger partial charge in [0.2, 0.25) is 0 Å². The minimum absolute atomic E-state index is 0.647. The smallest absolute Gasteiger partial charge is 0.162 e. The molecule has 0 atom stereocenters. The third-order valence-corrected chi connectivity index (χ3v) is 3.82. The van der Waals surface area contributed by atoms with Gasteiger partial charge in [-0.3, -0.25) is 0 Å². The lowest BCUT2D eigenvalue weighted by Crippen LogP contribution is -2.08. The van der Waals surface area contributed by atoms with Crippen LogP contribution in [0, 0.1) is 0 Å². The lowest BCUT2D eigenvalue weighted by molar-refractivity contribution is 0.356. The van der Waals surface area contributed by atoms with Crippen molar-refractivity contribution < 1.29 is 9.47 Å². The van der Waals surface area contributed by atoms with E-state index in [1.807, 2.05) is 32.3 Å². The minimum atomic E-state index is 0.647. The van der Waals surface area contributed by atoms with Crippen LogP contribution in [-0.4, -0.2) is 38.5 Å². The van der Waals surface area contributed by atoms with Gasteiger partial charge in [0.05, 0.1) is 25.9 Å². The molecular formula is C18H19N3O2. The maximum atomic E-state index is 5.42. The molecule has 0 bridgehead atoms. The SMILES string of the molecule is COc1cc2nncc(-c3cccc(N(C)C)c3)c2cc1OC. The van der Waals surface area contributed by atoms with E-state index in [2.05, 4.69) is 33.3 Å². The molecule has 0 fully saturated rings. The first kappa shape index (κ1) is 15.1. The molecule has 5 nitrogen and oxygen atoms in total. The molecule has 0 saturated carbocycles. The van der Waals surface area contributed by atoms with Gasteiger partial charge in [-0.1, -0.05) is 12.1 Å². The molecule has 0 saturated heterocycles. The van der Waals surface area contributed by atoms with Gasteiger partial charge in [0.15, 0.2) is 11.5 Å². The molecule has 0 radical (unpaired) electrons. The van der Waals surface area contributed by atoms with Crippen LogP contribution < -0.4 is 14.4 Å². The van der Waals surface area contributed by atoms with Crippen molar-refractivity contribution in [3.8, 4) is 22.6 Å². The fourth-order valence-electron chi connectivity index (χ4n) is 2.57. The van der Waals surface area contributed by atoms with Crippen molar-refractivity contribution >= 4 is 16.6 Å². The Labute approximate surface area is 135 Å². The van der Waals surface area contributed by atoms with E-state index in [-0.39, 0.29) is 0 Å². The predicted molar refractivity (Wildman–Crippen MR) is 92.4 cm³/mol. The standard InChI is InChI=1S/C18H19N3O2/c1-21(2)13-7-5-6-12(8-13)15-11-19-20-16-10-18(23-4)17(22-3)9-14(15)16/h5-11H,1-4H3. The molecule has 0 aliphatic rings. The number of nitrogens with zero attached hydrogens (tertiary/aromatic N) is 3. The summed E-state index contributed by atoms with van der Waals surface area (Å²) in [7, 11) is 7.29.